The van der Waals surface area contributed by atoms with Gasteiger partial charge in [0.2, 0.25) is 0 Å². The Balaban J connectivity index is 0.000000260. The van der Waals surface area contributed by atoms with Crippen LogP contribution in [0.3, 0.4) is 0 Å². The summed E-state index contributed by atoms with van der Waals surface area (Å²) in [5, 5.41) is 8.44. The molecule has 5 unspecified atom stereocenters. The lowest BCUT2D eigenvalue weighted by Crippen LogP contribution is -2.42. The van der Waals surface area contributed by atoms with Crippen molar-refractivity contribution in [1.82, 2.24) is 0 Å². The smallest absolute Gasteiger partial charge is 0.312 e. The topological polar surface area (TPSA) is 99.1 Å². The Morgan fingerprint density at radius 2 is 1.69 bits per heavy atom. The monoisotopic (exact) mass is 370 g/mol. The molecule has 3 fully saturated rings. The lowest BCUT2D eigenvalue weighted by Gasteiger charge is -2.27. The van der Waals surface area contributed by atoms with Crippen LogP contribution in [0.25, 0.3) is 0 Å². The number of hydrogen-bond donors (Lipinski definition) is 1. The Labute approximate surface area is 154 Å². The van der Waals surface area contributed by atoms with Gasteiger partial charge in [-0.25, -0.2) is 0 Å². The fourth-order valence-corrected chi connectivity index (χ4v) is 2.96. The van der Waals surface area contributed by atoms with Gasteiger partial charge < -0.3 is 19.3 Å². The summed E-state index contributed by atoms with van der Waals surface area (Å²) in [6.45, 7) is 11.0. The van der Waals surface area contributed by atoms with Crippen molar-refractivity contribution in [2.24, 2.45) is 16.7 Å². The maximum absolute atomic E-state index is 12.1. The minimum atomic E-state index is -0.722. The first-order valence-corrected chi connectivity index (χ1v) is 9.25. The van der Waals surface area contributed by atoms with Crippen molar-refractivity contribution in [1.29, 1.82) is 0 Å². The standard InChI is InChI=1S/C13H18O5.C6H12O2/c1-4-13(2,3)12(15)18-9-7-5-6-8(16-7)10(9)17-11(6)14;1-4-6(2,3)5(7)8/h6-10H,4-5H2,1-3H3;4H2,1-3H3,(H,7,8). The minimum Gasteiger partial charge on any atom is -0.481 e. The second-order valence-corrected chi connectivity index (χ2v) is 8.53. The van der Waals surface area contributed by atoms with Gasteiger partial charge in [0.05, 0.1) is 22.9 Å². The minimum absolute atomic E-state index is 0.144. The predicted molar refractivity (Wildman–Crippen MR) is 92.3 cm³/mol. The van der Waals surface area contributed by atoms with E-state index in [0.29, 0.717) is 19.3 Å². The van der Waals surface area contributed by atoms with Crippen LogP contribution in [0.15, 0.2) is 0 Å². The summed E-state index contributed by atoms with van der Waals surface area (Å²) >= 11 is 0. The van der Waals surface area contributed by atoms with Crippen LogP contribution in [0, 0.1) is 16.7 Å². The average Bonchev–Trinajstić information content (AvgIpc) is 3.20. The van der Waals surface area contributed by atoms with Crippen molar-refractivity contribution < 1.29 is 33.7 Å². The molecule has 0 aliphatic carbocycles. The summed E-state index contributed by atoms with van der Waals surface area (Å²) in [5.41, 5.74) is -1.05. The van der Waals surface area contributed by atoms with E-state index in [1.807, 2.05) is 27.7 Å². The molecule has 0 aromatic heterocycles. The van der Waals surface area contributed by atoms with Gasteiger partial charge in [0, 0.05) is 0 Å². The largest absolute Gasteiger partial charge is 0.481 e. The molecule has 0 spiro atoms. The van der Waals surface area contributed by atoms with Gasteiger partial charge in [0.15, 0.2) is 12.2 Å². The number of carbonyl (C=O) groups excluding carboxylic acids is 2. The van der Waals surface area contributed by atoms with Crippen molar-refractivity contribution >= 4 is 17.9 Å². The molecule has 1 N–H and O–H groups in total. The van der Waals surface area contributed by atoms with Crippen molar-refractivity contribution in [3.8, 4) is 0 Å². The van der Waals surface area contributed by atoms with Gasteiger partial charge in [-0.3, -0.25) is 14.4 Å². The van der Waals surface area contributed by atoms with Gasteiger partial charge in [0.25, 0.3) is 0 Å². The fourth-order valence-electron chi connectivity index (χ4n) is 2.96. The number of ether oxygens (including phenoxy) is 3. The SMILES string of the molecule is CCC(C)(C)C(=O)O.CCC(C)(C)C(=O)OC1C2CC3C(=O)OC1C3O2. The summed E-state index contributed by atoms with van der Waals surface area (Å²) in [5.74, 6) is -1.32. The number of carboxylic acids is 1. The normalized spacial score (nSPS) is 31.9. The van der Waals surface area contributed by atoms with Gasteiger partial charge in [-0.15, -0.1) is 0 Å². The van der Waals surface area contributed by atoms with Gasteiger partial charge >= 0.3 is 17.9 Å². The van der Waals surface area contributed by atoms with E-state index >= 15 is 0 Å². The lowest BCUT2D eigenvalue weighted by atomic mass is 9.87. The quantitative estimate of drug-likeness (QED) is 0.742. The Morgan fingerprint density at radius 1 is 1.12 bits per heavy atom. The Morgan fingerprint density at radius 3 is 2.15 bits per heavy atom. The number of esters is 2. The Hall–Kier alpha value is -1.63. The van der Waals surface area contributed by atoms with Gasteiger partial charge in [-0.1, -0.05) is 13.8 Å². The molecule has 3 saturated heterocycles. The highest BCUT2D eigenvalue weighted by Crippen LogP contribution is 2.47. The highest BCUT2D eigenvalue weighted by Gasteiger charge is 2.65. The van der Waals surface area contributed by atoms with Crippen LogP contribution in [-0.4, -0.2) is 47.4 Å². The molecule has 0 aromatic carbocycles. The zero-order chi connectivity index (χ0) is 19.9. The molecule has 5 atom stereocenters. The molecule has 148 valence electrons. The Bertz CT molecular complexity index is 580. The zero-order valence-electron chi connectivity index (χ0n) is 16.4. The third-order valence-electron chi connectivity index (χ3n) is 5.93. The Kier molecular flexibility index (Phi) is 5.71. The van der Waals surface area contributed by atoms with E-state index in [9.17, 15) is 14.4 Å². The molecule has 0 radical (unpaired) electrons. The molecule has 0 aromatic rings. The molecular formula is C19H30O7. The third kappa shape index (κ3) is 3.72. The van der Waals surface area contributed by atoms with E-state index in [4.69, 9.17) is 19.3 Å². The average molecular weight is 370 g/mol. The zero-order valence-corrected chi connectivity index (χ0v) is 16.4. The number of aliphatic carboxylic acids is 1. The van der Waals surface area contributed by atoms with Crippen molar-refractivity contribution in [3.63, 3.8) is 0 Å². The molecule has 0 saturated carbocycles. The van der Waals surface area contributed by atoms with Gasteiger partial charge in [0.1, 0.15) is 6.10 Å². The van der Waals surface area contributed by atoms with E-state index < -0.39 is 29.0 Å². The molecule has 7 nitrogen and oxygen atoms in total. The molecular weight excluding hydrogens is 340 g/mol. The molecule has 3 aliphatic heterocycles. The van der Waals surface area contributed by atoms with E-state index in [-0.39, 0.29) is 30.1 Å². The van der Waals surface area contributed by atoms with Crippen molar-refractivity contribution in [2.75, 3.05) is 0 Å². The van der Waals surface area contributed by atoms with Crippen LogP contribution in [-0.2, 0) is 28.6 Å². The summed E-state index contributed by atoms with van der Waals surface area (Å²) in [4.78, 5) is 33.9. The number of hydrogen-bond acceptors (Lipinski definition) is 6. The van der Waals surface area contributed by atoms with Crippen LogP contribution in [0.2, 0.25) is 0 Å². The number of fused-ring (bicyclic) bond motifs is 1. The summed E-state index contributed by atoms with van der Waals surface area (Å²) in [7, 11) is 0. The third-order valence-corrected chi connectivity index (χ3v) is 5.93. The van der Waals surface area contributed by atoms with E-state index in [2.05, 4.69) is 0 Å². The van der Waals surface area contributed by atoms with E-state index in [1.165, 1.54) is 0 Å². The van der Waals surface area contributed by atoms with Gasteiger partial charge in [-0.05, 0) is 47.0 Å². The van der Waals surface area contributed by atoms with Crippen LogP contribution in [0.4, 0.5) is 0 Å². The van der Waals surface area contributed by atoms with Crippen LogP contribution in [0.1, 0.15) is 60.8 Å². The molecule has 7 heteroatoms. The molecule has 26 heavy (non-hydrogen) atoms. The fraction of sp³-hybridized carbons (Fsp3) is 0.842. The van der Waals surface area contributed by atoms with Crippen LogP contribution < -0.4 is 0 Å². The number of carbonyl (C=O) groups is 3. The molecule has 3 aliphatic rings. The highest BCUT2D eigenvalue weighted by atomic mass is 16.7. The number of carboxylic acid groups (broad SMARTS) is 1. The maximum Gasteiger partial charge on any atom is 0.312 e. The molecule has 3 rings (SSSR count). The van der Waals surface area contributed by atoms with E-state index in [0.717, 1.165) is 0 Å². The van der Waals surface area contributed by atoms with Crippen LogP contribution in [0.5, 0.6) is 0 Å². The first-order valence-electron chi connectivity index (χ1n) is 9.25. The van der Waals surface area contributed by atoms with E-state index in [1.54, 1.807) is 13.8 Å². The first-order chi connectivity index (χ1) is 11.9. The summed E-state index contributed by atoms with van der Waals surface area (Å²) < 4.78 is 16.5. The maximum atomic E-state index is 12.1. The van der Waals surface area contributed by atoms with Crippen molar-refractivity contribution in [2.45, 2.75) is 85.2 Å². The van der Waals surface area contributed by atoms with Gasteiger partial charge in [-0.2, -0.15) is 0 Å². The molecule has 3 heterocycles. The van der Waals surface area contributed by atoms with Crippen molar-refractivity contribution in [3.05, 3.63) is 0 Å². The van der Waals surface area contributed by atoms with Crippen LogP contribution >= 0.6 is 0 Å². The summed E-state index contributed by atoms with van der Waals surface area (Å²) in [6.07, 6.45) is 0.819. The molecule has 2 bridgehead atoms. The highest BCUT2D eigenvalue weighted by molar-refractivity contribution is 5.78. The molecule has 0 amide bonds. The lowest BCUT2D eigenvalue weighted by molar-refractivity contribution is -0.169. The number of rotatable bonds is 5. The second-order valence-electron chi connectivity index (χ2n) is 8.53. The predicted octanol–water partition coefficient (Wildman–Crippen LogP) is 2.55. The summed E-state index contributed by atoms with van der Waals surface area (Å²) in [6, 6.07) is 0. The second kappa shape index (κ2) is 7.18. The first kappa shape index (κ1) is 20.7.